The maximum Gasteiger partial charge on any atom is 0.251 e. The number of ether oxygens (including phenoxy) is 1. The molecule has 0 bridgehead atoms. The number of halogens is 1. The summed E-state index contributed by atoms with van der Waals surface area (Å²) in [6.45, 7) is -0.207. The first-order valence-electron chi connectivity index (χ1n) is 6.56. The van der Waals surface area contributed by atoms with E-state index in [1.165, 1.54) is 25.3 Å². The van der Waals surface area contributed by atoms with E-state index in [1.807, 2.05) is 0 Å². The summed E-state index contributed by atoms with van der Waals surface area (Å²) in [6.07, 6.45) is 0. The number of anilines is 1. The van der Waals surface area contributed by atoms with Gasteiger partial charge in [0.15, 0.2) is 0 Å². The largest absolute Gasteiger partial charge is 0.497 e. The highest BCUT2D eigenvalue weighted by Gasteiger charge is 2.08. The zero-order valence-corrected chi connectivity index (χ0v) is 11.9. The lowest BCUT2D eigenvalue weighted by molar-refractivity contribution is -0.115. The van der Waals surface area contributed by atoms with Crippen LogP contribution in [-0.4, -0.2) is 25.5 Å². The quantitative estimate of drug-likeness (QED) is 0.890. The van der Waals surface area contributed by atoms with Gasteiger partial charge in [0.1, 0.15) is 11.6 Å². The summed E-state index contributed by atoms with van der Waals surface area (Å²) in [5.74, 6) is -0.620. The van der Waals surface area contributed by atoms with Crippen molar-refractivity contribution in [2.75, 3.05) is 19.0 Å². The molecule has 5 nitrogen and oxygen atoms in total. The number of nitrogens with one attached hydrogen (secondary N) is 2. The Bertz CT molecular complexity index is 671. The van der Waals surface area contributed by atoms with Crippen molar-refractivity contribution in [3.05, 3.63) is 59.9 Å². The smallest absolute Gasteiger partial charge is 0.251 e. The average molecular weight is 302 g/mol. The number of methoxy groups -OCH3 is 1. The van der Waals surface area contributed by atoms with Gasteiger partial charge in [-0.25, -0.2) is 4.39 Å². The minimum absolute atomic E-state index is 0.207. The Balaban J connectivity index is 1.86. The van der Waals surface area contributed by atoms with E-state index in [2.05, 4.69) is 10.6 Å². The van der Waals surface area contributed by atoms with E-state index in [9.17, 15) is 14.0 Å². The Morgan fingerprint density at radius 3 is 2.50 bits per heavy atom. The second-order valence-corrected chi connectivity index (χ2v) is 4.47. The zero-order chi connectivity index (χ0) is 15.9. The first kappa shape index (κ1) is 15.5. The van der Waals surface area contributed by atoms with Crippen LogP contribution in [0.2, 0.25) is 0 Å². The summed E-state index contributed by atoms with van der Waals surface area (Å²) in [7, 11) is 1.53. The van der Waals surface area contributed by atoms with Gasteiger partial charge in [-0.1, -0.05) is 6.07 Å². The van der Waals surface area contributed by atoms with E-state index in [0.29, 0.717) is 17.0 Å². The molecular formula is C16H15FN2O3. The Labute approximate surface area is 127 Å². The molecule has 22 heavy (non-hydrogen) atoms. The van der Waals surface area contributed by atoms with Crippen molar-refractivity contribution in [1.82, 2.24) is 5.32 Å². The highest BCUT2D eigenvalue weighted by atomic mass is 19.1. The predicted molar refractivity (Wildman–Crippen MR) is 80.4 cm³/mol. The number of carbonyl (C=O) groups excluding carboxylic acids is 2. The lowest BCUT2D eigenvalue weighted by Crippen LogP contribution is -2.32. The number of hydrogen-bond donors (Lipinski definition) is 2. The van der Waals surface area contributed by atoms with Crippen LogP contribution in [0.3, 0.4) is 0 Å². The van der Waals surface area contributed by atoms with Crippen LogP contribution in [0.15, 0.2) is 48.5 Å². The van der Waals surface area contributed by atoms with Crippen molar-refractivity contribution < 1.29 is 18.7 Å². The second-order valence-electron chi connectivity index (χ2n) is 4.47. The number of amides is 2. The number of carbonyl (C=O) groups is 2. The molecule has 2 aromatic carbocycles. The van der Waals surface area contributed by atoms with Gasteiger partial charge in [0.2, 0.25) is 5.91 Å². The zero-order valence-electron chi connectivity index (χ0n) is 11.9. The molecule has 0 saturated heterocycles. The van der Waals surface area contributed by atoms with Gasteiger partial charge < -0.3 is 15.4 Å². The van der Waals surface area contributed by atoms with Gasteiger partial charge in [-0.2, -0.15) is 0 Å². The van der Waals surface area contributed by atoms with Crippen molar-refractivity contribution in [2.24, 2.45) is 0 Å². The molecular weight excluding hydrogens is 287 g/mol. The lowest BCUT2D eigenvalue weighted by atomic mass is 10.2. The molecule has 2 N–H and O–H groups in total. The Kier molecular flexibility index (Phi) is 5.08. The summed E-state index contributed by atoms with van der Waals surface area (Å²) in [6, 6.07) is 12.0. The third-order valence-electron chi connectivity index (χ3n) is 2.87. The third kappa shape index (κ3) is 4.31. The third-order valence-corrected chi connectivity index (χ3v) is 2.87. The first-order valence-corrected chi connectivity index (χ1v) is 6.56. The van der Waals surface area contributed by atoms with Crippen molar-refractivity contribution in [2.45, 2.75) is 0 Å². The normalized spacial score (nSPS) is 9.91. The molecule has 2 rings (SSSR count). The van der Waals surface area contributed by atoms with E-state index in [1.54, 1.807) is 30.3 Å². The first-order chi connectivity index (χ1) is 10.6. The standard InChI is InChI=1S/C16H15FN2O3/c1-22-14-7-5-11(6-8-14)16(21)18-10-15(20)19-13-4-2-3-12(17)9-13/h2-9H,10H2,1H3,(H,18,21)(H,19,20). The second kappa shape index (κ2) is 7.21. The highest BCUT2D eigenvalue weighted by Crippen LogP contribution is 2.11. The highest BCUT2D eigenvalue weighted by molar-refractivity contribution is 5.99. The van der Waals surface area contributed by atoms with Crippen LogP contribution in [0.1, 0.15) is 10.4 Å². The van der Waals surface area contributed by atoms with Gasteiger partial charge in [0.05, 0.1) is 13.7 Å². The predicted octanol–water partition coefficient (Wildman–Crippen LogP) is 2.20. The van der Waals surface area contributed by atoms with E-state index < -0.39 is 11.7 Å². The molecule has 0 aliphatic rings. The molecule has 0 saturated carbocycles. The molecule has 0 aliphatic carbocycles. The van der Waals surface area contributed by atoms with Crippen molar-refractivity contribution in [3.63, 3.8) is 0 Å². The molecule has 0 aromatic heterocycles. The molecule has 0 radical (unpaired) electrons. The van der Waals surface area contributed by atoms with Crippen molar-refractivity contribution in [1.29, 1.82) is 0 Å². The van der Waals surface area contributed by atoms with Crippen LogP contribution in [0, 0.1) is 5.82 Å². The van der Waals surface area contributed by atoms with Crippen LogP contribution >= 0.6 is 0 Å². The van der Waals surface area contributed by atoms with E-state index in [4.69, 9.17) is 4.74 Å². The number of benzene rings is 2. The fraction of sp³-hybridized carbons (Fsp3) is 0.125. The molecule has 0 heterocycles. The Morgan fingerprint density at radius 1 is 1.14 bits per heavy atom. The maximum atomic E-state index is 13.0. The minimum atomic E-state index is -0.444. The SMILES string of the molecule is COc1ccc(C(=O)NCC(=O)Nc2cccc(F)c2)cc1. The summed E-state index contributed by atoms with van der Waals surface area (Å²) in [5, 5.41) is 4.98. The monoisotopic (exact) mass is 302 g/mol. The van der Waals surface area contributed by atoms with Crippen LogP contribution in [-0.2, 0) is 4.79 Å². The number of rotatable bonds is 5. The number of hydrogen-bond acceptors (Lipinski definition) is 3. The topological polar surface area (TPSA) is 67.4 Å². The molecule has 0 spiro atoms. The molecule has 6 heteroatoms. The Morgan fingerprint density at radius 2 is 1.86 bits per heavy atom. The summed E-state index contributed by atoms with van der Waals surface area (Å²) in [5.41, 5.74) is 0.753. The molecule has 0 fully saturated rings. The van der Waals surface area contributed by atoms with Crippen LogP contribution in [0.4, 0.5) is 10.1 Å². The van der Waals surface area contributed by atoms with Crippen molar-refractivity contribution >= 4 is 17.5 Å². The molecule has 114 valence electrons. The van der Waals surface area contributed by atoms with E-state index in [-0.39, 0.29) is 12.5 Å². The Hall–Kier alpha value is -2.89. The molecule has 0 unspecified atom stereocenters. The van der Waals surface area contributed by atoms with Gasteiger partial charge in [0, 0.05) is 11.3 Å². The van der Waals surface area contributed by atoms with Gasteiger partial charge >= 0.3 is 0 Å². The van der Waals surface area contributed by atoms with Gasteiger partial charge in [-0.05, 0) is 42.5 Å². The molecule has 0 aliphatic heterocycles. The minimum Gasteiger partial charge on any atom is -0.497 e. The molecule has 0 atom stereocenters. The van der Waals surface area contributed by atoms with Crippen LogP contribution < -0.4 is 15.4 Å². The van der Waals surface area contributed by atoms with E-state index in [0.717, 1.165) is 0 Å². The summed E-state index contributed by atoms with van der Waals surface area (Å²) < 4.78 is 18.0. The average Bonchev–Trinajstić information content (AvgIpc) is 2.52. The van der Waals surface area contributed by atoms with E-state index >= 15 is 0 Å². The van der Waals surface area contributed by atoms with Crippen LogP contribution in [0.25, 0.3) is 0 Å². The summed E-state index contributed by atoms with van der Waals surface area (Å²) in [4.78, 5) is 23.6. The maximum absolute atomic E-state index is 13.0. The molecule has 2 amide bonds. The van der Waals surface area contributed by atoms with Gasteiger partial charge in [-0.15, -0.1) is 0 Å². The summed E-state index contributed by atoms with van der Waals surface area (Å²) >= 11 is 0. The lowest BCUT2D eigenvalue weighted by Gasteiger charge is -2.07. The fourth-order valence-corrected chi connectivity index (χ4v) is 1.78. The van der Waals surface area contributed by atoms with Gasteiger partial charge in [0.25, 0.3) is 5.91 Å². The molecule has 2 aromatic rings. The van der Waals surface area contributed by atoms with Crippen LogP contribution in [0.5, 0.6) is 5.75 Å². The van der Waals surface area contributed by atoms with Gasteiger partial charge in [-0.3, -0.25) is 9.59 Å². The fourth-order valence-electron chi connectivity index (χ4n) is 1.78. The van der Waals surface area contributed by atoms with Crippen molar-refractivity contribution in [3.8, 4) is 5.75 Å².